The molecule has 0 heterocycles. The minimum absolute atomic E-state index is 0.164. The summed E-state index contributed by atoms with van der Waals surface area (Å²) in [5, 5.41) is 2.70. The summed E-state index contributed by atoms with van der Waals surface area (Å²) in [5.41, 5.74) is 5.59. The lowest BCUT2D eigenvalue weighted by Crippen LogP contribution is -2.54. The van der Waals surface area contributed by atoms with E-state index in [1.807, 2.05) is 13.8 Å². The molecule has 0 saturated carbocycles. The van der Waals surface area contributed by atoms with Crippen LogP contribution in [0.2, 0.25) is 0 Å². The van der Waals surface area contributed by atoms with Crippen molar-refractivity contribution in [1.82, 2.24) is 16.2 Å². The molecule has 0 fully saturated rings. The zero-order chi connectivity index (χ0) is 19.1. The fraction of sp³-hybridized carbons (Fsp3) is 0.211. The van der Waals surface area contributed by atoms with Gasteiger partial charge in [-0.05, 0) is 42.3 Å². The fourth-order valence-corrected chi connectivity index (χ4v) is 2.48. The second kappa shape index (κ2) is 9.15. The molecule has 136 valence electrons. The van der Waals surface area contributed by atoms with Crippen LogP contribution >= 0.6 is 15.9 Å². The molecular weight excluding hydrogens is 398 g/mol. The maximum Gasteiger partial charge on any atom is 0.269 e. The normalized spacial score (nSPS) is 11.5. The molecule has 6 nitrogen and oxygen atoms in total. The highest BCUT2D eigenvalue weighted by atomic mass is 79.9. The van der Waals surface area contributed by atoms with Gasteiger partial charge in [-0.3, -0.25) is 25.2 Å². The molecule has 0 aromatic heterocycles. The predicted octanol–water partition coefficient (Wildman–Crippen LogP) is 2.66. The Labute approximate surface area is 160 Å². The Morgan fingerprint density at radius 2 is 1.38 bits per heavy atom. The van der Waals surface area contributed by atoms with Crippen LogP contribution in [0, 0.1) is 5.92 Å². The van der Waals surface area contributed by atoms with Gasteiger partial charge >= 0.3 is 0 Å². The molecule has 0 bridgehead atoms. The van der Waals surface area contributed by atoms with Crippen molar-refractivity contribution in [2.24, 2.45) is 5.92 Å². The van der Waals surface area contributed by atoms with Crippen LogP contribution in [0.3, 0.4) is 0 Å². The van der Waals surface area contributed by atoms with E-state index in [0.717, 1.165) is 4.47 Å². The zero-order valence-corrected chi connectivity index (χ0v) is 16.0. The van der Waals surface area contributed by atoms with Crippen LogP contribution in [0.25, 0.3) is 0 Å². The zero-order valence-electron chi connectivity index (χ0n) is 14.5. The number of carbonyl (C=O) groups excluding carboxylic acids is 3. The Morgan fingerprint density at radius 3 is 1.96 bits per heavy atom. The van der Waals surface area contributed by atoms with E-state index in [9.17, 15) is 14.4 Å². The Bertz CT molecular complexity index is 776. The molecule has 26 heavy (non-hydrogen) atoms. The van der Waals surface area contributed by atoms with Gasteiger partial charge in [0.15, 0.2) is 0 Å². The molecule has 3 amide bonds. The highest BCUT2D eigenvalue weighted by molar-refractivity contribution is 9.10. The first kappa shape index (κ1) is 19.7. The Hall–Kier alpha value is -2.67. The Kier molecular flexibility index (Phi) is 6.91. The van der Waals surface area contributed by atoms with E-state index in [1.54, 1.807) is 54.6 Å². The molecule has 0 unspecified atom stereocenters. The number of nitrogens with one attached hydrogen (secondary N) is 3. The van der Waals surface area contributed by atoms with Crippen molar-refractivity contribution in [2.45, 2.75) is 19.9 Å². The second-order valence-corrected chi connectivity index (χ2v) is 6.93. The fourth-order valence-electron chi connectivity index (χ4n) is 2.22. The summed E-state index contributed by atoms with van der Waals surface area (Å²) in [6, 6.07) is 14.5. The van der Waals surface area contributed by atoms with Gasteiger partial charge in [0.25, 0.3) is 17.7 Å². The molecule has 2 aromatic carbocycles. The maximum absolute atomic E-state index is 12.4. The van der Waals surface area contributed by atoms with E-state index in [1.165, 1.54) is 0 Å². The smallest absolute Gasteiger partial charge is 0.269 e. The minimum Gasteiger partial charge on any atom is -0.340 e. The van der Waals surface area contributed by atoms with E-state index in [2.05, 4.69) is 32.1 Å². The van der Waals surface area contributed by atoms with E-state index < -0.39 is 17.9 Å². The highest BCUT2D eigenvalue weighted by Gasteiger charge is 2.25. The highest BCUT2D eigenvalue weighted by Crippen LogP contribution is 2.11. The van der Waals surface area contributed by atoms with Crippen molar-refractivity contribution in [1.29, 1.82) is 0 Å². The summed E-state index contributed by atoms with van der Waals surface area (Å²) in [4.78, 5) is 36.7. The molecule has 0 saturated heterocycles. The number of hydrogen-bond donors (Lipinski definition) is 3. The summed E-state index contributed by atoms with van der Waals surface area (Å²) >= 11 is 3.31. The predicted molar refractivity (Wildman–Crippen MR) is 102 cm³/mol. The van der Waals surface area contributed by atoms with E-state index >= 15 is 0 Å². The van der Waals surface area contributed by atoms with Crippen molar-refractivity contribution in [3.63, 3.8) is 0 Å². The number of rotatable bonds is 5. The summed E-state index contributed by atoms with van der Waals surface area (Å²) < 4.78 is 0.857. The van der Waals surface area contributed by atoms with Gasteiger partial charge in [-0.25, -0.2) is 0 Å². The molecule has 0 aliphatic rings. The lowest BCUT2D eigenvalue weighted by molar-refractivity contribution is -0.124. The number of benzene rings is 2. The van der Waals surface area contributed by atoms with Crippen LogP contribution in [0.1, 0.15) is 34.6 Å². The first-order chi connectivity index (χ1) is 12.4. The van der Waals surface area contributed by atoms with Gasteiger partial charge < -0.3 is 5.32 Å². The minimum atomic E-state index is -0.790. The average molecular weight is 418 g/mol. The van der Waals surface area contributed by atoms with Crippen LogP contribution in [-0.4, -0.2) is 23.8 Å². The van der Waals surface area contributed by atoms with Gasteiger partial charge in [-0.1, -0.05) is 48.0 Å². The van der Waals surface area contributed by atoms with Gasteiger partial charge in [0.1, 0.15) is 6.04 Å². The molecule has 2 rings (SSSR count). The molecule has 7 heteroatoms. The van der Waals surface area contributed by atoms with Gasteiger partial charge in [0, 0.05) is 15.6 Å². The largest absolute Gasteiger partial charge is 0.340 e. The summed E-state index contributed by atoms with van der Waals surface area (Å²) in [6.45, 7) is 3.62. The van der Waals surface area contributed by atoms with E-state index in [4.69, 9.17) is 0 Å². The summed E-state index contributed by atoms with van der Waals surface area (Å²) in [6.07, 6.45) is 0. The molecule has 0 radical (unpaired) electrons. The third kappa shape index (κ3) is 5.42. The van der Waals surface area contributed by atoms with Crippen molar-refractivity contribution in [3.8, 4) is 0 Å². The SMILES string of the molecule is CC(C)[C@H](NC(=O)c1ccc(Br)cc1)C(=O)NNC(=O)c1ccccc1. The number of halogens is 1. The number of hydrazine groups is 1. The van der Waals surface area contributed by atoms with Crippen LogP contribution < -0.4 is 16.2 Å². The van der Waals surface area contributed by atoms with Crippen LogP contribution in [0.4, 0.5) is 0 Å². The lowest BCUT2D eigenvalue weighted by atomic mass is 10.0. The first-order valence-corrected chi connectivity index (χ1v) is 8.89. The van der Waals surface area contributed by atoms with Crippen LogP contribution in [0.5, 0.6) is 0 Å². The maximum atomic E-state index is 12.4. The second-order valence-electron chi connectivity index (χ2n) is 6.01. The van der Waals surface area contributed by atoms with E-state index in [-0.39, 0.29) is 11.8 Å². The quantitative estimate of drug-likeness (QED) is 0.653. The molecule has 1 atom stereocenters. The monoisotopic (exact) mass is 417 g/mol. The molecule has 2 aromatic rings. The van der Waals surface area contributed by atoms with Crippen molar-refractivity contribution < 1.29 is 14.4 Å². The molecule has 3 N–H and O–H groups in total. The Morgan fingerprint density at radius 1 is 0.808 bits per heavy atom. The van der Waals surface area contributed by atoms with Gasteiger partial charge in [-0.15, -0.1) is 0 Å². The summed E-state index contributed by atoms with van der Waals surface area (Å²) in [7, 11) is 0. The van der Waals surface area contributed by atoms with E-state index in [0.29, 0.717) is 11.1 Å². The number of hydrogen-bond acceptors (Lipinski definition) is 3. The molecule has 0 spiro atoms. The standard InChI is InChI=1S/C19H20BrN3O3/c1-12(2)16(21-17(24)14-8-10-15(20)11-9-14)19(26)23-22-18(25)13-6-4-3-5-7-13/h3-12,16H,1-2H3,(H,21,24)(H,22,25)(H,23,26)/t16-/m0/s1. The van der Waals surface area contributed by atoms with Crippen molar-refractivity contribution in [3.05, 3.63) is 70.2 Å². The number of carbonyl (C=O) groups is 3. The molecule has 0 aliphatic heterocycles. The summed E-state index contributed by atoms with van der Waals surface area (Å²) in [5.74, 6) is -1.45. The lowest BCUT2D eigenvalue weighted by Gasteiger charge is -2.22. The first-order valence-electron chi connectivity index (χ1n) is 8.10. The van der Waals surface area contributed by atoms with Crippen LogP contribution in [-0.2, 0) is 4.79 Å². The van der Waals surface area contributed by atoms with Gasteiger partial charge in [0.05, 0.1) is 0 Å². The molecule has 0 aliphatic carbocycles. The molecular formula is C19H20BrN3O3. The van der Waals surface area contributed by atoms with Crippen molar-refractivity contribution >= 4 is 33.7 Å². The Balaban J connectivity index is 1.97. The third-order valence-corrected chi connectivity index (χ3v) is 4.21. The third-order valence-electron chi connectivity index (χ3n) is 3.68. The number of amides is 3. The van der Waals surface area contributed by atoms with Crippen molar-refractivity contribution in [2.75, 3.05) is 0 Å². The van der Waals surface area contributed by atoms with Crippen LogP contribution in [0.15, 0.2) is 59.1 Å². The van der Waals surface area contributed by atoms with Gasteiger partial charge in [0.2, 0.25) is 0 Å². The average Bonchev–Trinajstić information content (AvgIpc) is 2.64. The van der Waals surface area contributed by atoms with Gasteiger partial charge in [-0.2, -0.15) is 0 Å². The topological polar surface area (TPSA) is 87.3 Å².